The summed E-state index contributed by atoms with van der Waals surface area (Å²) in [7, 11) is 0. The van der Waals surface area contributed by atoms with Crippen LogP contribution in [0.5, 0.6) is 0 Å². The second-order valence-electron chi connectivity index (χ2n) is 4.54. The highest BCUT2D eigenvalue weighted by atomic mass is 79.9. The highest BCUT2D eigenvalue weighted by Gasteiger charge is 2.19. The summed E-state index contributed by atoms with van der Waals surface area (Å²) in [5, 5.41) is 1.23. The van der Waals surface area contributed by atoms with Gasteiger partial charge in [0.25, 0.3) is 0 Å². The largest absolute Gasteiger partial charge is 0.0925 e. The van der Waals surface area contributed by atoms with Gasteiger partial charge in [0.15, 0.2) is 0 Å². The van der Waals surface area contributed by atoms with Gasteiger partial charge in [-0.25, -0.2) is 0 Å². The van der Waals surface area contributed by atoms with E-state index in [0.29, 0.717) is 0 Å². The predicted molar refractivity (Wildman–Crippen MR) is 63.4 cm³/mol. The molecule has 13 heavy (non-hydrogen) atoms. The number of rotatable bonds is 5. The van der Waals surface area contributed by atoms with Crippen LogP contribution in [-0.4, -0.2) is 5.33 Å². The zero-order chi connectivity index (χ0) is 9.52. The van der Waals surface area contributed by atoms with E-state index in [1.807, 2.05) is 0 Å². The summed E-state index contributed by atoms with van der Waals surface area (Å²) in [4.78, 5) is 0. The maximum atomic E-state index is 3.59. The molecule has 0 bridgehead atoms. The molecule has 1 saturated carbocycles. The second-order valence-corrected chi connectivity index (χ2v) is 5.18. The van der Waals surface area contributed by atoms with Crippen molar-refractivity contribution in [2.45, 2.75) is 58.3 Å². The molecule has 0 aromatic heterocycles. The zero-order valence-corrected chi connectivity index (χ0v) is 10.5. The van der Waals surface area contributed by atoms with E-state index in [4.69, 9.17) is 0 Å². The van der Waals surface area contributed by atoms with E-state index in [-0.39, 0.29) is 0 Å². The smallest absolute Gasteiger partial charge is 0.00596 e. The molecule has 0 aliphatic heterocycles. The first-order valence-corrected chi connectivity index (χ1v) is 7.05. The molecule has 0 amide bonds. The van der Waals surface area contributed by atoms with Gasteiger partial charge in [0.2, 0.25) is 0 Å². The van der Waals surface area contributed by atoms with E-state index >= 15 is 0 Å². The molecule has 0 N–H and O–H groups in total. The summed E-state index contributed by atoms with van der Waals surface area (Å²) in [6, 6.07) is 0. The molecule has 0 spiro atoms. The molecular formula is C12H23Br. The van der Waals surface area contributed by atoms with E-state index in [1.165, 1.54) is 56.7 Å². The van der Waals surface area contributed by atoms with E-state index in [1.54, 1.807) is 0 Å². The van der Waals surface area contributed by atoms with Crippen LogP contribution >= 0.6 is 15.9 Å². The van der Waals surface area contributed by atoms with Crippen molar-refractivity contribution in [2.75, 3.05) is 5.33 Å². The summed E-state index contributed by atoms with van der Waals surface area (Å²) < 4.78 is 0. The standard InChI is InChI=1S/C12H23Br/c1-2-3-4-5-11-6-8-12(10-13)9-7-11/h11-12H,2-10H2,1H3/t11-,12-. The van der Waals surface area contributed by atoms with Gasteiger partial charge in [-0.3, -0.25) is 0 Å². The fourth-order valence-corrected chi connectivity index (χ4v) is 3.00. The van der Waals surface area contributed by atoms with Gasteiger partial charge in [0.05, 0.1) is 0 Å². The van der Waals surface area contributed by atoms with Gasteiger partial charge in [-0.15, -0.1) is 0 Å². The Hall–Kier alpha value is 0.480. The van der Waals surface area contributed by atoms with Crippen LogP contribution in [0.15, 0.2) is 0 Å². The van der Waals surface area contributed by atoms with Crippen LogP contribution in [0, 0.1) is 11.8 Å². The number of hydrogen-bond acceptors (Lipinski definition) is 0. The third kappa shape index (κ3) is 4.49. The molecule has 0 atom stereocenters. The van der Waals surface area contributed by atoms with Crippen molar-refractivity contribution in [1.82, 2.24) is 0 Å². The van der Waals surface area contributed by atoms with Gasteiger partial charge in [0.1, 0.15) is 0 Å². The van der Waals surface area contributed by atoms with E-state index in [9.17, 15) is 0 Å². The lowest BCUT2D eigenvalue weighted by molar-refractivity contribution is 0.276. The Kier molecular flexibility index (Phi) is 6.10. The Bertz CT molecular complexity index is 112. The van der Waals surface area contributed by atoms with Gasteiger partial charge in [-0.1, -0.05) is 61.4 Å². The second kappa shape index (κ2) is 6.86. The monoisotopic (exact) mass is 246 g/mol. The van der Waals surface area contributed by atoms with Gasteiger partial charge in [-0.05, 0) is 24.7 Å². The number of unbranched alkanes of at least 4 members (excludes halogenated alkanes) is 2. The summed E-state index contributed by atoms with van der Waals surface area (Å²) in [5.41, 5.74) is 0. The Morgan fingerprint density at radius 1 is 1.00 bits per heavy atom. The molecule has 0 aromatic carbocycles. The minimum absolute atomic E-state index is 0.988. The SMILES string of the molecule is CCCCC[C@H]1CC[C@H](CBr)CC1. The van der Waals surface area contributed by atoms with Crippen LogP contribution < -0.4 is 0 Å². The van der Waals surface area contributed by atoms with Crippen LogP contribution in [0.3, 0.4) is 0 Å². The van der Waals surface area contributed by atoms with Gasteiger partial charge < -0.3 is 0 Å². The van der Waals surface area contributed by atoms with E-state index < -0.39 is 0 Å². The van der Waals surface area contributed by atoms with Crippen LogP contribution in [-0.2, 0) is 0 Å². The molecule has 1 aliphatic rings. The third-order valence-electron chi connectivity index (χ3n) is 3.40. The minimum atomic E-state index is 0.988. The molecular weight excluding hydrogens is 224 g/mol. The van der Waals surface area contributed by atoms with Gasteiger partial charge in [-0.2, -0.15) is 0 Å². The Balaban J connectivity index is 2.03. The van der Waals surface area contributed by atoms with Crippen molar-refractivity contribution in [3.63, 3.8) is 0 Å². The number of halogens is 1. The lowest BCUT2D eigenvalue weighted by Crippen LogP contribution is -2.15. The summed E-state index contributed by atoms with van der Waals surface area (Å²) in [5.74, 6) is 2.06. The molecule has 78 valence electrons. The van der Waals surface area contributed by atoms with Crippen LogP contribution in [0.4, 0.5) is 0 Å². The molecule has 0 heterocycles. The zero-order valence-electron chi connectivity index (χ0n) is 8.90. The lowest BCUT2D eigenvalue weighted by Gasteiger charge is -2.27. The Morgan fingerprint density at radius 3 is 2.15 bits per heavy atom. The third-order valence-corrected chi connectivity index (χ3v) is 4.32. The molecule has 1 aliphatic carbocycles. The summed E-state index contributed by atoms with van der Waals surface area (Å²) in [6.07, 6.45) is 11.7. The lowest BCUT2D eigenvalue weighted by atomic mass is 9.80. The van der Waals surface area contributed by atoms with E-state index in [0.717, 1.165) is 11.8 Å². The first kappa shape index (κ1) is 11.6. The molecule has 0 nitrogen and oxygen atoms in total. The Labute approximate surface area is 91.6 Å². The fourth-order valence-electron chi connectivity index (χ4n) is 2.36. The maximum Gasteiger partial charge on any atom is 0.00596 e. The fraction of sp³-hybridized carbons (Fsp3) is 1.00. The van der Waals surface area contributed by atoms with Crippen LogP contribution in [0.2, 0.25) is 0 Å². The quantitative estimate of drug-likeness (QED) is 0.485. The van der Waals surface area contributed by atoms with E-state index in [2.05, 4.69) is 22.9 Å². The maximum absolute atomic E-state index is 3.59. The van der Waals surface area contributed by atoms with Crippen molar-refractivity contribution in [3.05, 3.63) is 0 Å². The topological polar surface area (TPSA) is 0 Å². The van der Waals surface area contributed by atoms with Crippen molar-refractivity contribution < 1.29 is 0 Å². The first-order valence-electron chi connectivity index (χ1n) is 5.92. The molecule has 0 saturated heterocycles. The highest BCUT2D eigenvalue weighted by molar-refractivity contribution is 9.09. The predicted octanol–water partition coefficient (Wildman–Crippen LogP) is 4.77. The molecule has 0 unspecified atom stereocenters. The average Bonchev–Trinajstić information content (AvgIpc) is 2.19. The molecule has 0 radical (unpaired) electrons. The Morgan fingerprint density at radius 2 is 1.62 bits per heavy atom. The van der Waals surface area contributed by atoms with Crippen molar-refractivity contribution in [2.24, 2.45) is 11.8 Å². The number of alkyl halides is 1. The molecule has 1 rings (SSSR count). The highest BCUT2D eigenvalue weighted by Crippen LogP contribution is 2.32. The molecule has 0 aromatic rings. The van der Waals surface area contributed by atoms with Crippen molar-refractivity contribution >= 4 is 15.9 Å². The number of hydrogen-bond donors (Lipinski definition) is 0. The summed E-state index contributed by atoms with van der Waals surface area (Å²) >= 11 is 3.59. The van der Waals surface area contributed by atoms with Crippen LogP contribution in [0.25, 0.3) is 0 Å². The minimum Gasteiger partial charge on any atom is -0.0925 e. The van der Waals surface area contributed by atoms with Gasteiger partial charge in [0, 0.05) is 5.33 Å². The first-order chi connectivity index (χ1) is 6.36. The summed E-state index contributed by atoms with van der Waals surface area (Å²) in [6.45, 7) is 2.29. The normalized spacial score (nSPS) is 29.1. The average molecular weight is 247 g/mol. The molecule has 1 fully saturated rings. The van der Waals surface area contributed by atoms with Crippen LogP contribution in [0.1, 0.15) is 58.3 Å². The van der Waals surface area contributed by atoms with Crippen molar-refractivity contribution in [1.29, 1.82) is 0 Å². The van der Waals surface area contributed by atoms with Gasteiger partial charge >= 0.3 is 0 Å². The molecule has 1 heteroatoms. The van der Waals surface area contributed by atoms with Crippen molar-refractivity contribution in [3.8, 4) is 0 Å².